The van der Waals surface area contributed by atoms with Gasteiger partial charge in [-0.15, -0.1) is 11.3 Å². The van der Waals surface area contributed by atoms with E-state index in [1.165, 1.54) is 11.4 Å². The first-order valence-corrected chi connectivity index (χ1v) is 7.69. The van der Waals surface area contributed by atoms with Crippen molar-refractivity contribution < 1.29 is 18.3 Å². The quantitative estimate of drug-likeness (QED) is 0.875. The lowest BCUT2D eigenvalue weighted by atomic mass is 10.3. The molecular formula is C10H13NO4S2. The van der Waals surface area contributed by atoms with Crippen LogP contribution >= 0.6 is 11.3 Å². The van der Waals surface area contributed by atoms with Gasteiger partial charge in [-0.05, 0) is 18.9 Å². The number of rotatable bonds is 4. The Morgan fingerprint density at radius 3 is 2.59 bits per heavy atom. The molecule has 5 nitrogen and oxygen atoms in total. The van der Waals surface area contributed by atoms with Crippen molar-refractivity contribution in [1.82, 2.24) is 4.72 Å². The SMILES string of the molecule is O=C(O)c1csc(S(=O)(=O)NC2CCCC2)c1. The molecular weight excluding hydrogens is 262 g/mol. The van der Waals surface area contributed by atoms with Gasteiger partial charge in [0.1, 0.15) is 4.21 Å². The number of carboxylic acids is 1. The maximum Gasteiger partial charge on any atom is 0.336 e. The Bertz CT molecular complexity index is 514. The van der Waals surface area contributed by atoms with Crippen LogP contribution in [0, 0.1) is 0 Å². The molecule has 1 fully saturated rings. The fraction of sp³-hybridized carbons (Fsp3) is 0.500. The number of carboxylic acid groups (broad SMARTS) is 1. The van der Waals surface area contributed by atoms with Crippen molar-refractivity contribution in [2.75, 3.05) is 0 Å². The summed E-state index contributed by atoms with van der Waals surface area (Å²) >= 11 is 0.937. The van der Waals surface area contributed by atoms with Crippen LogP contribution in [0.15, 0.2) is 15.7 Å². The van der Waals surface area contributed by atoms with Gasteiger partial charge in [-0.1, -0.05) is 12.8 Å². The Hall–Kier alpha value is -0.920. The molecule has 2 rings (SSSR count). The zero-order valence-corrected chi connectivity index (χ0v) is 10.7. The molecule has 1 aliphatic carbocycles. The second kappa shape index (κ2) is 4.75. The molecule has 17 heavy (non-hydrogen) atoms. The molecule has 7 heteroatoms. The molecule has 0 amide bonds. The Kier molecular flexibility index (Phi) is 3.50. The average Bonchev–Trinajstić information content (AvgIpc) is 2.84. The molecule has 1 aliphatic rings. The van der Waals surface area contributed by atoms with Crippen molar-refractivity contribution in [3.05, 3.63) is 17.0 Å². The van der Waals surface area contributed by atoms with Crippen LogP contribution in [0.2, 0.25) is 0 Å². The number of aromatic carboxylic acids is 1. The van der Waals surface area contributed by atoms with Crippen molar-refractivity contribution in [1.29, 1.82) is 0 Å². The van der Waals surface area contributed by atoms with Crippen LogP contribution in [-0.2, 0) is 10.0 Å². The predicted molar refractivity (Wildman–Crippen MR) is 63.9 cm³/mol. The Morgan fingerprint density at radius 2 is 2.06 bits per heavy atom. The van der Waals surface area contributed by atoms with Crippen LogP contribution < -0.4 is 4.72 Å². The topological polar surface area (TPSA) is 83.5 Å². The van der Waals surface area contributed by atoms with Crippen molar-refractivity contribution in [3.8, 4) is 0 Å². The Morgan fingerprint density at radius 1 is 1.41 bits per heavy atom. The van der Waals surface area contributed by atoms with E-state index >= 15 is 0 Å². The minimum atomic E-state index is -3.55. The van der Waals surface area contributed by atoms with Gasteiger partial charge >= 0.3 is 5.97 Å². The molecule has 1 aromatic heterocycles. The summed E-state index contributed by atoms with van der Waals surface area (Å²) in [4.78, 5) is 10.7. The number of nitrogens with one attached hydrogen (secondary N) is 1. The van der Waals surface area contributed by atoms with E-state index in [0.717, 1.165) is 37.0 Å². The monoisotopic (exact) mass is 275 g/mol. The van der Waals surface area contributed by atoms with Crippen LogP contribution in [0.5, 0.6) is 0 Å². The first-order chi connectivity index (χ1) is 7.99. The molecule has 0 bridgehead atoms. The highest BCUT2D eigenvalue weighted by Gasteiger charge is 2.24. The lowest BCUT2D eigenvalue weighted by Gasteiger charge is -2.10. The van der Waals surface area contributed by atoms with E-state index in [4.69, 9.17) is 5.11 Å². The molecule has 1 aromatic rings. The predicted octanol–water partition coefficient (Wildman–Crippen LogP) is 1.67. The summed E-state index contributed by atoms with van der Waals surface area (Å²) in [5.74, 6) is -1.11. The normalized spacial score (nSPS) is 17.4. The van der Waals surface area contributed by atoms with Crippen LogP contribution in [0.25, 0.3) is 0 Å². The number of sulfonamides is 1. The largest absolute Gasteiger partial charge is 0.478 e. The molecule has 0 aromatic carbocycles. The van der Waals surface area contributed by atoms with Gasteiger partial charge in [0.05, 0.1) is 5.56 Å². The molecule has 2 N–H and O–H groups in total. The summed E-state index contributed by atoms with van der Waals surface area (Å²) in [7, 11) is -3.55. The molecule has 94 valence electrons. The van der Waals surface area contributed by atoms with Gasteiger partial charge < -0.3 is 5.11 Å². The van der Waals surface area contributed by atoms with Gasteiger partial charge in [-0.25, -0.2) is 17.9 Å². The van der Waals surface area contributed by atoms with E-state index < -0.39 is 16.0 Å². The highest BCUT2D eigenvalue weighted by Crippen LogP contribution is 2.24. The highest BCUT2D eigenvalue weighted by molar-refractivity contribution is 7.91. The fourth-order valence-electron chi connectivity index (χ4n) is 1.89. The van der Waals surface area contributed by atoms with Crippen molar-refractivity contribution >= 4 is 27.3 Å². The van der Waals surface area contributed by atoms with E-state index in [9.17, 15) is 13.2 Å². The number of hydrogen-bond acceptors (Lipinski definition) is 4. The highest BCUT2D eigenvalue weighted by atomic mass is 32.2. The van der Waals surface area contributed by atoms with Crippen molar-refractivity contribution in [2.45, 2.75) is 35.9 Å². The third-order valence-corrected chi connectivity index (χ3v) is 5.72. The van der Waals surface area contributed by atoms with E-state index in [-0.39, 0.29) is 15.8 Å². The molecule has 0 aliphatic heterocycles. The lowest BCUT2D eigenvalue weighted by Crippen LogP contribution is -2.32. The summed E-state index contributed by atoms with van der Waals surface area (Å²) < 4.78 is 26.5. The third-order valence-electron chi connectivity index (χ3n) is 2.76. The van der Waals surface area contributed by atoms with Gasteiger partial charge in [-0.2, -0.15) is 0 Å². The summed E-state index contributed by atoms with van der Waals surface area (Å²) in [5.41, 5.74) is 0.0156. The van der Waals surface area contributed by atoms with Crippen LogP contribution in [0.3, 0.4) is 0 Å². The minimum Gasteiger partial charge on any atom is -0.478 e. The second-order valence-corrected chi connectivity index (χ2v) is 6.91. The number of carbonyl (C=O) groups is 1. The molecule has 0 spiro atoms. The van der Waals surface area contributed by atoms with Gasteiger partial charge in [-0.3, -0.25) is 0 Å². The smallest absolute Gasteiger partial charge is 0.336 e. The molecule has 0 saturated heterocycles. The van der Waals surface area contributed by atoms with E-state index in [2.05, 4.69) is 4.72 Å². The standard InChI is InChI=1S/C10H13NO4S2/c12-10(13)7-5-9(16-6-7)17(14,15)11-8-3-1-2-4-8/h5-6,8,11H,1-4H2,(H,12,13). The first kappa shape index (κ1) is 12.5. The van der Waals surface area contributed by atoms with Gasteiger partial charge in [0, 0.05) is 11.4 Å². The zero-order valence-electron chi connectivity index (χ0n) is 9.05. The molecule has 0 atom stereocenters. The molecule has 1 saturated carbocycles. The van der Waals surface area contributed by atoms with Crippen molar-refractivity contribution in [3.63, 3.8) is 0 Å². The summed E-state index contributed by atoms with van der Waals surface area (Å²) in [5, 5.41) is 10.1. The maximum atomic E-state index is 11.9. The first-order valence-electron chi connectivity index (χ1n) is 5.33. The van der Waals surface area contributed by atoms with E-state index in [1.807, 2.05) is 0 Å². The van der Waals surface area contributed by atoms with Crippen LogP contribution in [0.4, 0.5) is 0 Å². The van der Waals surface area contributed by atoms with Crippen LogP contribution in [0.1, 0.15) is 36.0 Å². The number of hydrogen-bond donors (Lipinski definition) is 2. The molecule has 0 radical (unpaired) electrons. The maximum absolute atomic E-state index is 11.9. The lowest BCUT2D eigenvalue weighted by molar-refractivity contribution is 0.0697. The van der Waals surface area contributed by atoms with Gasteiger partial charge in [0.15, 0.2) is 0 Å². The molecule has 1 heterocycles. The summed E-state index contributed by atoms with van der Waals surface area (Å²) in [6, 6.07) is 1.19. The van der Waals surface area contributed by atoms with E-state index in [1.54, 1.807) is 0 Å². The van der Waals surface area contributed by atoms with Crippen LogP contribution in [-0.4, -0.2) is 25.5 Å². The van der Waals surface area contributed by atoms with Gasteiger partial charge in [0.2, 0.25) is 10.0 Å². The van der Waals surface area contributed by atoms with E-state index in [0.29, 0.717) is 0 Å². The number of thiophene rings is 1. The Labute approximate surface area is 104 Å². The zero-order chi connectivity index (χ0) is 12.5. The molecule has 0 unspecified atom stereocenters. The van der Waals surface area contributed by atoms with Crippen molar-refractivity contribution in [2.24, 2.45) is 0 Å². The average molecular weight is 275 g/mol. The summed E-state index contributed by atoms with van der Waals surface area (Å²) in [6.07, 6.45) is 3.79. The third kappa shape index (κ3) is 2.85. The fourth-order valence-corrected chi connectivity index (χ4v) is 4.37. The Balaban J connectivity index is 2.15. The van der Waals surface area contributed by atoms with Gasteiger partial charge in [0.25, 0.3) is 0 Å². The minimum absolute atomic E-state index is 0.00428. The second-order valence-electron chi connectivity index (χ2n) is 4.06. The summed E-state index contributed by atoms with van der Waals surface area (Å²) in [6.45, 7) is 0.